The monoisotopic (exact) mass is 467 g/mol. The number of hydrogen-bond donors (Lipinski definition) is 0. The van der Waals surface area contributed by atoms with Crippen molar-refractivity contribution in [2.24, 2.45) is 0 Å². The SMILES string of the molecule is Cc1c(-c2ccccn2)nc2cnccc2c1Cl.Cc1c(Cl)nc2cnccc2c1Cl. The van der Waals surface area contributed by atoms with Crippen LogP contribution in [-0.4, -0.2) is 24.9 Å². The molecule has 0 bridgehead atoms. The van der Waals surface area contributed by atoms with Crippen LogP contribution in [0.2, 0.25) is 15.2 Å². The Morgan fingerprint density at radius 1 is 0.677 bits per heavy atom. The summed E-state index contributed by atoms with van der Waals surface area (Å²) in [5.41, 5.74) is 4.89. The summed E-state index contributed by atoms with van der Waals surface area (Å²) in [7, 11) is 0. The highest BCUT2D eigenvalue weighted by atomic mass is 35.5. The third kappa shape index (κ3) is 4.30. The predicted molar refractivity (Wildman–Crippen MR) is 127 cm³/mol. The molecule has 5 heterocycles. The van der Waals surface area contributed by atoms with Crippen molar-refractivity contribution < 1.29 is 0 Å². The predicted octanol–water partition coefficient (Wildman–Crippen LogP) is 6.90. The largest absolute Gasteiger partial charge is 0.262 e. The van der Waals surface area contributed by atoms with E-state index in [1.165, 1.54) is 0 Å². The van der Waals surface area contributed by atoms with Crippen LogP contribution in [0.5, 0.6) is 0 Å². The van der Waals surface area contributed by atoms with Crippen molar-refractivity contribution in [2.75, 3.05) is 0 Å². The normalized spacial score (nSPS) is 10.7. The Morgan fingerprint density at radius 2 is 1.29 bits per heavy atom. The van der Waals surface area contributed by atoms with E-state index in [9.17, 15) is 0 Å². The summed E-state index contributed by atoms with van der Waals surface area (Å²) >= 11 is 18.3. The first-order valence-electron chi connectivity index (χ1n) is 9.34. The Balaban J connectivity index is 0.000000158. The van der Waals surface area contributed by atoms with E-state index in [-0.39, 0.29) is 0 Å². The molecule has 0 atom stereocenters. The standard InChI is InChI=1S/C14H10ClN3.C9H6Cl2N2/c1-9-13(15)10-5-7-16-8-12(10)18-14(9)11-4-2-3-6-17-11;1-5-8(10)6-2-3-12-4-7(6)13-9(5)11/h2-8H,1H3;2-4H,1H3. The van der Waals surface area contributed by atoms with Crippen LogP contribution < -0.4 is 0 Å². The molecule has 0 unspecified atom stereocenters. The second kappa shape index (κ2) is 9.10. The maximum absolute atomic E-state index is 6.39. The second-order valence-corrected chi connectivity index (χ2v) is 7.86. The maximum atomic E-state index is 6.39. The Kier molecular flexibility index (Phi) is 6.28. The molecule has 0 radical (unpaired) electrons. The molecule has 154 valence electrons. The zero-order valence-corrected chi connectivity index (χ0v) is 18.9. The van der Waals surface area contributed by atoms with Gasteiger partial charge in [0.05, 0.1) is 44.9 Å². The van der Waals surface area contributed by atoms with Crippen molar-refractivity contribution in [3.63, 3.8) is 0 Å². The lowest BCUT2D eigenvalue weighted by molar-refractivity contribution is 1.23. The first-order chi connectivity index (χ1) is 15.0. The maximum Gasteiger partial charge on any atom is 0.134 e. The molecular formula is C23H16Cl3N5. The number of fused-ring (bicyclic) bond motifs is 2. The van der Waals surface area contributed by atoms with Crippen LogP contribution in [0, 0.1) is 13.8 Å². The fourth-order valence-corrected chi connectivity index (χ4v) is 3.80. The fraction of sp³-hybridized carbons (Fsp3) is 0.0870. The Morgan fingerprint density at radius 3 is 1.90 bits per heavy atom. The van der Waals surface area contributed by atoms with Crippen LogP contribution in [0.15, 0.2) is 61.3 Å². The molecule has 0 fully saturated rings. The lowest BCUT2D eigenvalue weighted by atomic mass is 10.1. The van der Waals surface area contributed by atoms with Gasteiger partial charge < -0.3 is 0 Å². The van der Waals surface area contributed by atoms with Crippen LogP contribution in [0.4, 0.5) is 0 Å². The number of nitrogens with zero attached hydrogens (tertiary/aromatic N) is 5. The van der Waals surface area contributed by atoms with Crippen LogP contribution in [0.25, 0.3) is 33.2 Å². The lowest BCUT2D eigenvalue weighted by Crippen LogP contribution is -1.94. The molecule has 0 saturated carbocycles. The van der Waals surface area contributed by atoms with Gasteiger partial charge in [-0.2, -0.15) is 0 Å². The number of halogens is 3. The van der Waals surface area contributed by atoms with Gasteiger partial charge in [-0.05, 0) is 43.7 Å². The van der Waals surface area contributed by atoms with E-state index in [2.05, 4.69) is 24.9 Å². The minimum atomic E-state index is 0.436. The van der Waals surface area contributed by atoms with Crippen molar-refractivity contribution in [1.29, 1.82) is 0 Å². The summed E-state index contributed by atoms with van der Waals surface area (Å²) in [4.78, 5) is 21.1. The molecule has 5 aromatic heterocycles. The molecule has 0 spiro atoms. The van der Waals surface area contributed by atoms with E-state index in [1.54, 1.807) is 31.0 Å². The van der Waals surface area contributed by atoms with E-state index < -0.39 is 0 Å². The molecule has 0 aromatic carbocycles. The first kappa shape index (κ1) is 21.4. The van der Waals surface area contributed by atoms with Gasteiger partial charge in [-0.3, -0.25) is 15.0 Å². The van der Waals surface area contributed by atoms with E-state index in [1.807, 2.05) is 44.2 Å². The van der Waals surface area contributed by atoms with Crippen LogP contribution >= 0.6 is 34.8 Å². The minimum absolute atomic E-state index is 0.436. The third-order valence-electron chi connectivity index (χ3n) is 4.75. The summed E-state index contributed by atoms with van der Waals surface area (Å²) in [5, 5.41) is 3.60. The van der Waals surface area contributed by atoms with E-state index in [0.717, 1.165) is 44.3 Å². The topological polar surface area (TPSA) is 64.5 Å². The van der Waals surface area contributed by atoms with Gasteiger partial charge in [0, 0.05) is 34.9 Å². The summed E-state index contributed by atoms with van der Waals surface area (Å²) in [6.07, 6.45) is 8.51. The molecule has 31 heavy (non-hydrogen) atoms. The second-order valence-electron chi connectivity index (χ2n) is 6.74. The smallest absolute Gasteiger partial charge is 0.134 e. The molecule has 0 aliphatic rings. The summed E-state index contributed by atoms with van der Waals surface area (Å²) < 4.78 is 0. The van der Waals surface area contributed by atoms with Gasteiger partial charge >= 0.3 is 0 Å². The zero-order chi connectivity index (χ0) is 22.0. The van der Waals surface area contributed by atoms with Crippen molar-refractivity contribution in [3.8, 4) is 11.4 Å². The van der Waals surface area contributed by atoms with Gasteiger partial charge in [0.15, 0.2) is 0 Å². The van der Waals surface area contributed by atoms with Gasteiger partial charge in [-0.15, -0.1) is 0 Å². The number of aromatic nitrogens is 5. The summed E-state index contributed by atoms with van der Waals surface area (Å²) in [6.45, 7) is 3.80. The van der Waals surface area contributed by atoms with Crippen molar-refractivity contribution in [2.45, 2.75) is 13.8 Å². The molecule has 0 saturated heterocycles. The number of rotatable bonds is 1. The van der Waals surface area contributed by atoms with Gasteiger partial charge in [0.2, 0.25) is 0 Å². The van der Waals surface area contributed by atoms with Crippen molar-refractivity contribution in [3.05, 3.63) is 87.6 Å². The van der Waals surface area contributed by atoms with Gasteiger partial charge in [-0.1, -0.05) is 40.9 Å². The molecule has 0 aliphatic heterocycles. The highest BCUT2D eigenvalue weighted by molar-refractivity contribution is 6.39. The zero-order valence-electron chi connectivity index (χ0n) is 16.6. The van der Waals surface area contributed by atoms with E-state index in [4.69, 9.17) is 34.8 Å². The van der Waals surface area contributed by atoms with E-state index >= 15 is 0 Å². The highest BCUT2D eigenvalue weighted by Gasteiger charge is 2.12. The average molecular weight is 469 g/mol. The van der Waals surface area contributed by atoms with Crippen LogP contribution in [-0.2, 0) is 0 Å². The third-order valence-corrected chi connectivity index (χ3v) is 6.10. The molecule has 5 rings (SSSR count). The van der Waals surface area contributed by atoms with E-state index in [0.29, 0.717) is 15.2 Å². The molecule has 0 amide bonds. The van der Waals surface area contributed by atoms with Crippen molar-refractivity contribution >= 4 is 56.6 Å². The van der Waals surface area contributed by atoms with Gasteiger partial charge in [0.1, 0.15) is 5.15 Å². The van der Waals surface area contributed by atoms with Gasteiger partial charge in [0.25, 0.3) is 0 Å². The molecule has 5 nitrogen and oxygen atoms in total. The van der Waals surface area contributed by atoms with Crippen LogP contribution in [0.1, 0.15) is 11.1 Å². The quantitative estimate of drug-likeness (QED) is 0.250. The minimum Gasteiger partial charge on any atom is -0.262 e. The Labute approximate surface area is 194 Å². The molecule has 5 aromatic rings. The molecule has 0 N–H and O–H groups in total. The highest BCUT2D eigenvalue weighted by Crippen LogP contribution is 2.31. The fourth-order valence-electron chi connectivity index (χ4n) is 3.07. The average Bonchev–Trinajstić information content (AvgIpc) is 2.81. The molecule has 0 aliphatic carbocycles. The molecule has 8 heteroatoms. The van der Waals surface area contributed by atoms with Crippen molar-refractivity contribution in [1.82, 2.24) is 24.9 Å². The Hall–Kier alpha value is -2.86. The molecular weight excluding hydrogens is 453 g/mol. The lowest BCUT2D eigenvalue weighted by Gasteiger charge is -2.09. The van der Waals surface area contributed by atoms with Crippen LogP contribution in [0.3, 0.4) is 0 Å². The summed E-state index contributed by atoms with van der Waals surface area (Å²) in [5.74, 6) is 0. The number of pyridine rings is 5. The Bertz CT molecular complexity index is 1390. The first-order valence-corrected chi connectivity index (χ1v) is 10.5. The van der Waals surface area contributed by atoms with Gasteiger partial charge in [-0.25, -0.2) is 9.97 Å². The number of hydrogen-bond acceptors (Lipinski definition) is 5. The summed E-state index contributed by atoms with van der Waals surface area (Å²) in [6, 6.07) is 9.44.